The number of nitrogens with zero attached hydrogens (tertiary/aromatic N) is 2. The molecule has 0 aliphatic heterocycles. The Kier molecular flexibility index (Phi) is 5.45. The van der Waals surface area contributed by atoms with E-state index in [4.69, 9.17) is 9.15 Å². The third-order valence-corrected chi connectivity index (χ3v) is 4.25. The highest BCUT2D eigenvalue weighted by atomic mass is 32.2. The summed E-state index contributed by atoms with van der Waals surface area (Å²) in [6.45, 7) is 5.31. The molecule has 24 heavy (non-hydrogen) atoms. The summed E-state index contributed by atoms with van der Waals surface area (Å²) >= 11 is 1.17. The van der Waals surface area contributed by atoms with Gasteiger partial charge in [-0.3, -0.25) is 14.9 Å². The number of non-ortho nitro benzene ring substituents is 1. The number of nitro benzene ring substituents is 1. The van der Waals surface area contributed by atoms with E-state index in [1.165, 1.54) is 37.1 Å². The van der Waals surface area contributed by atoms with Gasteiger partial charge in [0.1, 0.15) is 11.5 Å². The molecule has 1 unspecified atom stereocenters. The molecule has 1 amide bonds. The van der Waals surface area contributed by atoms with Crippen LogP contribution in [-0.4, -0.2) is 28.2 Å². The van der Waals surface area contributed by atoms with Crippen molar-refractivity contribution in [1.82, 2.24) is 4.98 Å². The number of anilines is 1. The van der Waals surface area contributed by atoms with Gasteiger partial charge in [0.15, 0.2) is 0 Å². The van der Waals surface area contributed by atoms with E-state index in [1.54, 1.807) is 13.8 Å². The Hall–Kier alpha value is -2.55. The van der Waals surface area contributed by atoms with Crippen LogP contribution in [0, 0.1) is 24.0 Å². The molecule has 2 aromatic rings. The highest BCUT2D eigenvalue weighted by Crippen LogP contribution is 2.30. The van der Waals surface area contributed by atoms with Crippen LogP contribution in [0.4, 0.5) is 11.4 Å². The van der Waals surface area contributed by atoms with Gasteiger partial charge in [0.2, 0.25) is 5.91 Å². The quantitative estimate of drug-likeness (QED) is 0.483. The molecule has 0 saturated heterocycles. The SMILES string of the molecule is COc1ccc([N+](=O)[O-])cc1NC(=O)C(C)Sc1nc(C)c(C)o1. The molecular formula is C15H17N3O5S. The Bertz CT molecular complexity index is 755. The molecule has 1 heterocycles. The summed E-state index contributed by atoms with van der Waals surface area (Å²) in [5.41, 5.74) is 0.875. The lowest BCUT2D eigenvalue weighted by Crippen LogP contribution is -2.22. The average Bonchev–Trinajstić information content (AvgIpc) is 2.84. The van der Waals surface area contributed by atoms with Crippen LogP contribution < -0.4 is 10.1 Å². The molecule has 1 atom stereocenters. The van der Waals surface area contributed by atoms with Gasteiger partial charge < -0.3 is 14.5 Å². The van der Waals surface area contributed by atoms with Crippen LogP contribution >= 0.6 is 11.8 Å². The number of aryl methyl sites for hydroxylation is 2. The maximum Gasteiger partial charge on any atom is 0.271 e. The number of methoxy groups -OCH3 is 1. The van der Waals surface area contributed by atoms with E-state index in [0.717, 1.165) is 5.69 Å². The lowest BCUT2D eigenvalue weighted by Gasteiger charge is -2.12. The minimum Gasteiger partial charge on any atom is -0.495 e. The van der Waals surface area contributed by atoms with E-state index in [0.29, 0.717) is 16.7 Å². The molecule has 0 fully saturated rings. The number of ether oxygens (including phenoxy) is 1. The van der Waals surface area contributed by atoms with Gasteiger partial charge in [-0.1, -0.05) is 11.8 Å². The molecule has 0 aliphatic carbocycles. The Labute approximate surface area is 142 Å². The van der Waals surface area contributed by atoms with Gasteiger partial charge in [0.05, 0.1) is 28.7 Å². The molecule has 1 N–H and O–H groups in total. The van der Waals surface area contributed by atoms with Gasteiger partial charge in [-0.2, -0.15) is 0 Å². The summed E-state index contributed by atoms with van der Waals surface area (Å²) in [6.07, 6.45) is 0. The maximum atomic E-state index is 12.3. The van der Waals surface area contributed by atoms with Crippen molar-refractivity contribution < 1.29 is 18.9 Å². The first kappa shape index (κ1) is 17.8. The topological polar surface area (TPSA) is 108 Å². The van der Waals surface area contributed by atoms with Crippen LogP contribution in [0.3, 0.4) is 0 Å². The predicted molar refractivity (Wildman–Crippen MR) is 89.6 cm³/mol. The molecule has 1 aromatic carbocycles. The van der Waals surface area contributed by atoms with E-state index in [-0.39, 0.29) is 17.3 Å². The van der Waals surface area contributed by atoms with Crippen LogP contribution in [0.1, 0.15) is 18.4 Å². The van der Waals surface area contributed by atoms with Crippen LogP contribution in [0.5, 0.6) is 5.75 Å². The Morgan fingerprint density at radius 1 is 1.46 bits per heavy atom. The van der Waals surface area contributed by atoms with E-state index < -0.39 is 10.2 Å². The number of carbonyl (C=O) groups excluding carboxylic acids is 1. The van der Waals surface area contributed by atoms with Crippen molar-refractivity contribution in [3.8, 4) is 5.75 Å². The number of hydrogen-bond donors (Lipinski definition) is 1. The lowest BCUT2D eigenvalue weighted by atomic mass is 10.2. The minimum atomic E-state index is -0.536. The molecule has 2 rings (SSSR count). The second-order valence-electron chi connectivity index (χ2n) is 5.01. The zero-order chi connectivity index (χ0) is 17.9. The highest BCUT2D eigenvalue weighted by Gasteiger charge is 2.21. The van der Waals surface area contributed by atoms with Crippen molar-refractivity contribution in [1.29, 1.82) is 0 Å². The number of carbonyl (C=O) groups is 1. The zero-order valence-electron chi connectivity index (χ0n) is 13.7. The molecule has 0 saturated carbocycles. The molecule has 8 nitrogen and oxygen atoms in total. The molecule has 9 heteroatoms. The van der Waals surface area contributed by atoms with Gasteiger partial charge in [-0.15, -0.1) is 0 Å². The summed E-state index contributed by atoms with van der Waals surface area (Å²) in [4.78, 5) is 26.9. The summed E-state index contributed by atoms with van der Waals surface area (Å²) in [5.74, 6) is 0.701. The van der Waals surface area contributed by atoms with Gasteiger partial charge in [0.25, 0.3) is 10.9 Å². The van der Waals surface area contributed by atoms with Gasteiger partial charge in [-0.25, -0.2) is 4.98 Å². The van der Waals surface area contributed by atoms with Crippen molar-refractivity contribution >= 4 is 29.0 Å². The van der Waals surface area contributed by atoms with Crippen LogP contribution in [-0.2, 0) is 4.79 Å². The first-order valence-electron chi connectivity index (χ1n) is 7.05. The zero-order valence-corrected chi connectivity index (χ0v) is 14.5. The number of hydrogen-bond acceptors (Lipinski definition) is 7. The molecule has 0 bridgehead atoms. The van der Waals surface area contributed by atoms with E-state index >= 15 is 0 Å². The van der Waals surface area contributed by atoms with E-state index in [1.807, 2.05) is 6.92 Å². The second-order valence-corrected chi connectivity index (χ2v) is 6.30. The number of rotatable bonds is 6. The minimum absolute atomic E-state index is 0.134. The standard InChI is InChI=1S/C15H17N3O5S/c1-8-9(2)23-15(16-8)24-10(3)14(19)17-12-7-11(18(20)21)5-6-13(12)22-4/h5-7,10H,1-4H3,(H,17,19). The van der Waals surface area contributed by atoms with Crippen LogP contribution in [0.15, 0.2) is 27.8 Å². The third-order valence-electron chi connectivity index (χ3n) is 3.31. The first-order valence-corrected chi connectivity index (χ1v) is 7.93. The molecule has 0 radical (unpaired) electrons. The van der Waals surface area contributed by atoms with Gasteiger partial charge in [0, 0.05) is 12.1 Å². The maximum absolute atomic E-state index is 12.3. The summed E-state index contributed by atoms with van der Waals surface area (Å²) in [6, 6.07) is 4.00. The molecule has 128 valence electrons. The van der Waals surface area contributed by atoms with Crippen LogP contribution in [0.2, 0.25) is 0 Å². The van der Waals surface area contributed by atoms with Crippen molar-refractivity contribution in [2.24, 2.45) is 0 Å². The molecule has 1 aromatic heterocycles. The fourth-order valence-corrected chi connectivity index (χ4v) is 2.67. The summed E-state index contributed by atoms with van der Waals surface area (Å²) < 4.78 is 10.6. The van der Waals surface area contributed by atoms with E-state index in [2.05, 4.69) is 10.3 Å². The summed E-state index contributed by atoms with van der Waals surface area (Å²) in [5, 5.41) is 13.4. The third kappa shape index (κ3) is 4.05. The fraction of sp³-hybridized carbons (Fsp3) is 0.333. The van der Waals surface area contributed by atoms with E-state index in [9.17, 15) is 14.9 Å². The van der Waals surface area contributed by atoms with Crippen LogP contribution in [0.25, 0.3) is 0 Å². The average molecular weight is 351 g/mol. The number of nitrogens with one attached hydrogen (secondary N) is 1. The molecule has 0 spiro atoms. The molecule has 0 aliphatic rings. The normalized spacial score (nSPS) is 11.8. The van der Waals surface area contributed by atoms with Crippen molar-refractivity contribution in [2.45, 2.75) is 31.2 Å². The largest absolute Gasteiger partial charge is 0.495 e. The first-order chi connectivity index (χ1) is 11.3. The number of thioether (sulfide) groups is 1. The number of nitro groups is 1. The number of aromatic nitrogens is 1. The molecular weight excluding hydrogens is 334 g/mol. The van der Waals surface area contributed by atoms with Crippen molar-refractivity contribution in [2.75, 3.05) is 12.4 Å². The van der Waals surface area contributed by atoms with Gasteiger partial charge >= 0.3 is 0 Å². The second kappa shape index (κ2) is 7.35. The van der Waals surface area contributed by atoms with Crippen molar-refractivity contribution in [3.05, 3.63) is 39.8 Å². The fourth-order valence-electron chi connectivity index (χ4n) is 1.84. The van der Waals surface area contributed by atoms with Gasteiger partial charge in [-0.05, 0) is 26.8 Å². The van der Waals surface area contributed by atoms with Crippen molar-refractivity contribution in [3.63, 3.8) is 0 Å². The predicted octanol–water partition coefficient (Wildman–Crippen LogP) is 3.33. The lowest BCUT2D eigenvalue weighted by molar-refractivity contribution is -0.384. The number of oxazole rings is 1. The summed E-state index contributed by atoms with van der Waals surface area (Å²) in [7, 11) is 1.42. The highest BCUT2D eigenvalue weighted by molar-refractivity contribution is 8.00. The number of benzene rings is 1. The smallest absolute Gasteiger partial charge is 0.271 e. The Morgan fingerprint density at radius 3 is 2.71 bits per heavy atom. The Balaban J connectivity index is 2.13. The number of amides is 1. The Morgan fingerprint density at radius 2 is 2.17 bits per heavy atom. The monoisotopic (exact) mass is 351 g/mol.